The van der Waals surface area contributed by atoms with Crippen molar-refractivity contribution in [2.75, 3.05) is 23.8 Å². The molecule has 0 bridgehead atoms. The van der Waals surface area contributed by atoms with E-state index >= 15 is 0 Å². The van der Waals surface area contributed by atoms with Gasteiger partial charge < -0.3 is 20.1 Å². The highest BCUT2D eigenvalue weighted by molar-refractivity contribution is 7.85. The molecule has 30 heavy (non-hydrogen) atoms. The Balaban J connectivity index is 2.17. The van der Waals surface area contributed by atoms with Crippen LogP contribution in [0, 0.1) is 11.3 Å². The molecule has 0 atom stereocenters. The van der Waals surface area contributed by atoms with Gasteiger partial charge in [-0.3, -0.25) is 9.35 Å². The Hall–Kier alpha value is -3.55. The minimum Gasteiger partial charge on any atom is -0.490 e. The predicted octanol–water partition coefficient (Wildman–Crippen LogP) is 3.19. The van der Waals surface area contributed by atoms with Gasteiger partial charge in [-0.05, 0) is 44.2 Å². The average Bonchev–Trinajstić information content (AvgIpc) is 2.70. The quantitative estimate of drug-likeness (QED) is 0.313. The van der Waals surface area contributed by atoms with E-state index in [1.807, 2.05) is 13.8 Å². The van der Waals surface area contributed by atoms with Gasteiger partial charge in [0.05, 0.1) is 18.1 Å². The Bertz CT molecular complexity index is 1090. The first kappa shape index (κ1) is 22.7. The summed E-state index contributed by atoms with van der Waals surface area (Å²) in [5.74, 6) is 0.335. The van der Waals surface area contributed by atoms with Crippen molar-refractivity contribution in [3.05, 3.63) is 54.2 Å². The molecule has 0 aliphatic rings. The fraction of sp³-hybridized carbons (Fsp3) is 0.200. The van der Waals surface area contributed by atoms with Crippen LogP contribution in [-0.4, -0.2) is 32.1 Å². The zero-order chi connectivity index (χ0) is 22.1. The molecular formula is C20H21N3O6S. The number of benzene rings is 2. The lowest BCUT2D eigenvalue weighted by molar-refractivity contribution is -0.112. The highest BCUT2D eigenvalue weighted by Gasteiger charge is 2.13. The number of ether oxygens (including phenoxy) is 2. The number of anilines is 2. The molecule has 2 aromatic carbocycles. The summed E-state index contributed by atoms with van der Waals surface area (Å²) in [6.07, 6.45) is 1.22. The Labute approximate surface area is 174 Å². The van der Waals surface area contributed by atoms with Crippen LogP contribution in [0.1, 0.15) is 13.8 Å². The number of hydrogen-bond acceptors (Lipinski definition) is 7. The van der Waals surface area contributed by atoms with Gasteiger partial charge in [0.15, 0.2) is 11.5 Å². The number of hydrogen-bond donors (Lipinski definition) is 3. The summed E-state index contributed by atoms with van der Waals surface area (Å²) in [7, 11) is -4.42. The van der Waals surface area contributed by atoms with Crippen molar-refractivity contribution in [1.82, 2.24) is 0 Å². The van der Waals surface area contributed by atoms with Crippen LogP contribution in [0.5, 0.6) is 11.5 Å². The zero-order valence-electron chi connectivity index (χ0n) is 16.4. The van der Waals surface area contributed by atoms with Crippen LogP contribution in [0.3, 0.4) is 0 Å². The summed E-state index contributed by atoms with van der Waals surface area (Å²) < 4.78 is 42.5. The van der Waals surface area contributed by atoms with E-state index in [1.54, 1.807) is 24.3 Å². The van der Waals surface area contributed by atoms with Crippen molar-refractivity contribution in [3.8, 4) is 17.6 Å². The van der Waals surface area contributed by atoms with Crippen molar-refractivity contribution in [3.63, 3.8) is 0 Å². The molecule has 0 radical (unpaired) electrons. The van der Waals surface area contributed by atoms with E-state index in [0.29, 0.717) is 30.4 Å². The second-order valence-corrected chi connectivity index (χ2v) is 7.22. The van der Waals surface area contributed by atoms with E-state index in [1.165, 1.54) is 24.4 Å². The van der Waals surface area contributed by atoms with Crippen LogP contribution in [0.15, 0.2) is 59.1 Å². The van der Waals surface area contributed by atoms with E-state index in [-0.39, 0.29) is 16.2 Å². The summed E-state index contributed by atoms with van der Waals surface area (Å²) in [5, 5.41) is 14.5. The molecule has 0 aliphatic carbocycles. The summed E-state index contributed by atoms with van der Waals surface area (Å²) >= 11 is 0. The standard InChI is InChI=1S/C20H21N3O6S/c1-3-28-18-9-8-15(11-19(18)29-4-2)22-13-14(12-21)20(24)23-16-6-5-7-17(10-16)30(25,26)27/h5-11,13,22H,3-4H2,1-2H3,(H,23,24)(H,25,26,27)/b14-13-. The maximum absolute atomic E-state index is 12.3. The molecule has 0 aromatic heterocycles. The van der Waals surface area contributed by atoms with Crippen molar-refractivity contribution >= 4 is 27.4 Å². The van der Waals surface area contributed by atoms with Gasteiger partial charge >= 0.3 is 0 Å². The first-order chi connectivity index (χ1) is 14.3. The van der Waals surface area contributed by atoms with Gasteiger partial charge in [-0.25, -0.2) is 0 Å². The maximum Gasteiger partial charge on any atom is 0.294 e. The van der Waals surface area contributed by atoms with Crippen LogP contribution in [0.4, 0.5) is 11.4 Å². The van der Waals surface area contributed by atoms with Gasteiger partial charge in [0.2, 0.25) is 0 Å². The molecule has 0 heterocycles. The molecule has 0 fully saturated rings. The topological polar surface area (TPSA) is 138 Å². The van der Waals surface area contributed by atoms with E-state index < -0.39 is 16.0 Å². The molecule has 0 saturated heterocycles. The van der Waals surface area contributed by atoms with Crippen molar-refractivity contribution in [1.29, 1.82) is 5.26 Å². The molecule has 1 amide bonds. The molecule has 158 valence electrons. The van der Waals surface area contributed by atoms with Crippen molar-refractivity contribution in [2.24, 2.45) is 0 Å². The molecule has 10 heteroatoms. The molecule has 0 saturated carbocycles. The van der Waals surface area contributed by atoms with Gasteiger partial charge in [-0.15, -0.1) is 0 Å². The van der Waals surface area contributed by atoms with Gasteiger partial charge in [-0.1, -0.05) is 6.07 Å². The highest BCUT2D eigenvalue weighted by atomic mass is 32.2. The first-order valence-corrected chi connectivity index (χ1v) is 10.4. The highest BCUT2D eigenvalue weighted by Crippen LogP contribution is 2.30. The first-order valence-electron chi connectivity index (χ1n) is 8.93. The normalized spacial score (nSPS) is 11.3. The van der Waals surface area contributed by atoms with E-state index in [4.69, 9.17) is 14.0 Å². The average molecular weight is 431 g/mol. The van der Waals surface area contributed by atoms with E-state index in [0.717, 1.165) is 6.07 Å². The smallest absolute Gasteiger partial charge is 0.294 e. The van der Waals surface area contributed by atoms with Gasteiger partial charge in [0.1, 0.15) is 11.6 Å². The van der Waals surface area contributed by atoms with Gasteiger partial charge in [-0.2, -0.15) is 13.7 Å². The fourth-order valence-corrected chi connectivity index (χ4v) is 2.90. The van der Waals surface area contributed by atoms with Crippen LogP contribution in [0.25, 0.3) is 0 Å². The minimum absolute atomic E-state index is 0.107. The monoisotopic (exact) mass is 431 g/mol. The SMILES string of the molecule is CCOc1ccc(N/C=C(/C#N)C(=O)Nc2cccc(S(=O)(=O)O)c2)cc1OCC. The van der Waals surface area contributed by atoms with Crippen LogP contribution >= 0.6 is 0 Å². The number of rotatable bonds is 9. The lowest BCUT2D eigenvalue weighted by atomic mass is 10.2. The predicted molar refractivity (Wildman–Crippen MR) is 111 cm³/mol. The number of carbonyl (C=O) groups is 1. The molecule has 0 aliphatic heterocycles. The Morgan fingerprint density at radius 3 is 2.43 bits per heavy atom. The molecule has 0 unspecified atom stereocenters. The van der Waals surface area contributed by atoms with Gasteiger partial charge in [0, 0.05) is 23.6 Å². The van der Waals surface area contributed by atoms with Crippen LogP contribution < -0.4 is 20.1 Å². The van der Waals surface area contributed by atoms with E-state index in [2.05, 4.69) is 10.6 Å². The largest absolute Gasteiger partial charge is 0.490 e. The van der Waals surface area contributed by atoms with Crippen LogP contribution in [-0.2, 0) is 14.9 Å². The summed E-state index contributed by atoms with van der Waals surface area (Å²) in [6.45, 7) is 4.61. The molecule has 2 aromatic rings. The minimum atomic E-state index is -4.42. The maximum atomic E-state index is 12.3. The Kier molecular flexibility index (Phi) is 7.80. The van der Waals surface area contributed by atoms with Gasteiger partial charge in [0.25, 0.3) is 16.0 Å². The second-order valence-electron chi connectivity index (χ2n) is 5.80. The van der Waals surface area contributed by atoms with Crippen molar-refractivity contribution < 1.29 is 27.2 Å². The fourth-order valence-electron chi connectivity index (χ4n) is 2.38. The molecule has 2 rings (SSSR count). The van der Waals surface area contributed by atoms with Crippen LogP contribution in [0.2, 0.25) is 0 Å². The van der Waals surface area contributed by atoms with Crippen molar-refractivity contribution in [2.45, 2.75) is 18.7 Å². The molecule has 0 spiro atoms. The number of nitrogens with one attached hydrogen (secondary N) is 2. The third-order valence-corrected chi connectivity index (χ3v) is 4.53. The third-order valence-electron chi connectivity index (χ3n) is 3.68. The summed E-state index contributed by atoms with van der Waals surface area (Å²) in [5.41, 5.74) is 0.422. The summed E-state index contributed by atoms with van der Waals surface area (Å²) in [4.78, 5) is 12.0. The summed E-state index contributed by atoms with van der Waals surface area (Å²) in [6, 6.07) is 11.9. The molecular weight excluding hydrogens is 410 g/mol. The lowest BCUT2D eigenvalue weighted by Gasteiger charge is -2.12. The van der Waals surface area contributed by atoms with E-state index in [9.17, 15) is 18.5 Å². The Morgan fingerprint density at radius 1 is 1.10 bits per heavy atom. The molecule has 9 nitrogen and oxygen atoms in total. The Morgan fingerprint density at radius 2 is 1.80 bits per heavy atom. The number of amides is 1. The lowest BCUT2D eigenvalue weighted by Crippen LogP contribution is -2.15. The number of nitrogens with zero attached hydrogens (tertiary/aromatic N) is 1. The second kappa shape index (κ2) is 10.3. The number of carbonyl (C=O) groups excluding carboxylic acids is 1. The third kappa shape index (κ3) is 6.23. The molecule has 3 N–H and O–H groups in total. The number of nitriles is 1. The zero-order valence-corrected chi connectivity index (χ0v) is 17.2.